The van der Waals surface area contributed by atoms with Crippen molar-refractivity contribution in [3.63, 3.8) is 0 Å². The highest BCUT2D eigenvalue weighted by Crippen LogP contribution is 2.23. The van der Waals surface area contributed by atoms with Crippen LogP contribution in [0.1, 0.15) is 29.8 Å². The molecule has 0 spiro atoms. The van der Waals surface area contributed by atoms with E-state index in [-0.39, 0.29) is 37.0 Å². The van der Waals surface area contributed by atoms with Gasteiger partial charge in [-0.1, -0.05) is 6.42 Å². The second-order valence-corrected chi connectivity index (χ2v) is 10.4. The minimum atomic E-state index is -3.73. The minimum absolute atomic E-state index is 0.0478. The monoisotopic (exact) mass is 405 g/mol. The molecule has 3 rings (SSSR count). The minimum Gasteiger partial charge on any atom is -0.438 e. The zero-order chi connectivity index (χ0) is 18.9. The fourth-order valence-corrected chi connectivity index (χ4v) is 5.44. The first-order valence-corrected chi connectivity index (χ1v) is 11.8. The van der Waals surface area contributed by atoms with Crippen LogP contribution >= 0.6 is 0 Å². The number of amides is 1. The maximum Gasteiger partial charge on any atom is 0.289 e. The molecule has 0 atom stereocenters. The van der Waals surface area contributed by atoms with Gasteiger partial charge in [0.2, 0.25) is 15.1 Å². The summed E-state index contributed by atoms with van der Waals surface area (Å²) in [7, 11) is -7.01. The first-order valence-electron chi connectivity index (χ1n) is 8.54. The maximum absolute atomic E-state index is 12.6. The Kier molecular flexibility index (Phi) is 5.42. The lowest BCUT2D eigenvalue weighted by atomic mass is 10.2. The van der Waals surface area contributed by atoms with Crippen LogP contribution in [0.3, 0.4) is 0 Å². The van der Waals surface area contributed by atoms with Crippen LogP contribution in [0.4, 0.5) is 0 Å². The van der Waals surface area contributed by atoms with Crippen molar-refractivity contribution in [3.8, 4) is 0 Å². The normalized spacial score (nSPS) is 21.0. The van der Waals surface area contributed by atoms with Crippen molar-refractivity contribution in [2.24, 2.45) is 0 Å². The third kappa shape index (κ3) is 3.95. The molecule has 1 amide bonds. The zero-order valence-corrected chi connectivity index (χ0v) is 16.3. The Morgan fingerprint density at radius 1 is 0.885 bits per heavy atom. The van der Waals surface area contributed by atoms with E-state index >= 15 is 0 Å². The summed E-state index contributed by atoms with van der Waals surface area (Å²) < 4.78 is 56.3. The summed E-state index contributed by atoms with van der Waals surface area (Å²) >= 11 is 0. The Labute approximate surface area is 153 Å². The van der Waals surface area contributed by atoms with Crippen molar-refractivity contribution < 1.29 is 26.0 Å². The van der Waals surface area contributed by atoms with Gasteiger partial charge in [-0.2, -0.15) is 8.61 Å². The fraction of sp³-hybridized carbons (Fsp3) is 0.667. The predicted octanol–water partition coefficient (Wildman–Crippen LogP) is 0.172. The topological polar surface area (TPSA) is 108 Å². The summed E-state index contributed by atoms with van der Waals surface area (Å²) in [6.07, 6.45) is 3.77. The quantitative estimate of drug-likeness (QED) is 0.707. The molecule has 2 aliphatic heterocycles. The maximum atomic E-state index is 12.6. The molecule has 0 bridgehead atoms. The van der Waals surface area contributed by atoms with Crippen LogP contribution in [0, 0.1) is 0 Å². The van der Waals surface area contributed by atoms with E-state index in [1.807, 2.05) is 0 Å². The standard InChI is InChI=1S/C15H23N3O6S2/c1-25(20,21)17-11-9-16(10-12-17)15(19)13-5-6-14(24-13)26(22,23)18-7-3-2-4-8-18/h5-6H,2-4,7-12H2,1H3. The van der Waals surface area contributed by atoms with Crippen LogP contribution in [0.5, 0.6) is 0 Å². The molecule has 2 fully saturated rings. The van der Waals surface area contributed by atoms with Crippen LogP contribution < -0.4 is 0 Å². The van der Waals surface area contributed by atoms with Gasteiger partial charge in [0.15, 0.2) is 5.76 Å². The molecule has 26 heavy (non-hydrogen) atoms. The first kappa shape index (κ1) is 19.3. The molecule has 0 N–H and O–H groups in total. The van der Waals surface area contributed by atoms with E-state index in [4.69, 9.17) is 4.42 Å². The average molecular weight is 405 g/mol. The van der Waals surface area contributed by atoms with Gasteiger partial charge in [-0.15, -0.1) is 0 Å². The molecule has 3 heterocycles. The number of carbonyl (C=O) groups excluding carboxylic acids is 1. The molecule has 0 unspecified atom stereocenters. The van der Waals surface area contributed by atoms with Crippen molar-refractivity contribution >= 4 is 26.0 Å². The lowest BCUT2D eigenvalue weighted by molar-refractivity contribution is 0.0660. The average Bonchev–Trinajstić information content (AvgIpc) is 3.12. The van der Waals surface area contributed by atoms with Crippen molar-refractivity contribution in [2.75, 3.05) is 45.5 Å². The predicted molar refractivity (Wildman–Crippen MR) is 93.6 cm³/mol. The van der Waals surface area contributed by atoms with Crippen molar-refractivity contribution in [2.45, 2.75) is 24.4 Å². The zero-order valence-electron chi connectivity index (χ0n) is 14.6. The van der Waals surface area contributed by atoms with Gasteiger partial charge in [0.25, 0.3) is 15.9 Å². The number of hydrogen-bond acceptors (Lipinski definition) is 6. The Morgan fingerprint density at radius 3 is 2.08 bits per heavy atom. The highest BCUT2D eigenvalue weighted by atomic mass is 32.2. The van der Waals surface area contributed by atoms with E-state index in [9.17, 15) is 21.6 Å². The summed E-state index contributed by atoms with van der Waals surface area (Å²) in [6, 6.07) is 2.67. The number of hydrogen-bond donors (Lipinski definition) is 0. The van der Waals surface area contributed by atoms with E-state index in [1.165, 1.54) is 25.6 Å². The Hall–Kier alpha value is -1.43. The van der Waals surface area contributed by atoms with Gasteiger partial charge in [0.1, 0.15) is 0 Å². The molecule has 0 aromatic carbocycles. The molecule has 9 nitrogen and oxygen atoms in total. The summed E-state index contributed by atoms with van der Waals surface area (Å²) in [6.45, 7) is 1.82. The molecule has 2 saturated heterocycles. The smallest absolute Gasteiger partial charge is 0.289 e. The second kappa shape index (κ2) is 7.29. The van der Waals surface area contributed by atoms with Crippen molar-refractivity contribution in [3.05, 3.63) is 17.9 Å². The number of carbonyl (C=O) groups is 1. The molecule has 0 radical (unpaired) electrons. The summed E-state index contributed by atoms with van der Waals surface area (Å²) in [4.78, 5) is 14.0. The van der Waals surface area contributed by atoms with Crippen LogP contribution in [0.15, 0.2) is 21.6 Å². The van der Waals surface area contributed by atoms with Gasteiger partial charge >= 0.3 is 0 Å². The molecule has 0 aliphatic carbocycles. The molecule has 146 valence electrons. The fourth-order valence-electron chi connectivity index (χ4n) is 3.18. The molecule has 11 heteroatoms. The van der Waals surface area contributed by atoms with Crippen molar-refractivity contribution in [1.82, 2.24) is 13.5 Å². The second-order valence-electron chi connectivity index (χ2n) is 6.54. The molecule has 1 aromatic heterocycles. The summed E-state index contributed by atoms with van der Waals surface area (Å²) in [5, 5.41) is -0.225. The molecule has 0 saturated carbocycles. The lowest BCUT2D eigenvalue weighted by Gasteiger charge is -2.32. The van der Waals surface area contributed by atoms with Gasteiger partial charge in [-0.25, -0.2) is 16.8 Å². The Morgan fingerprint density at radius 2 is 1.50 bits per heavy atom. The largest absolute Gasteiger partial charge is 0.438 e. The lowest BCUT2D eigenvalue weighted by Crippen LogP contribution is -2.50. The van der Waals surface area contributed by atoms with Gasteiger partial charge in [0, 0.05) is 39.3 Å². The summed E-state index contributed by atoms with van der Waals surface area (Å²) in [5.74, 6) is -0.480. The van der Waals surface area contributed by atoms with Gasteiger partial charge in [-0.05, 0) is 25.0 Å². The third-order valence-electron chi connectivity index (χ3n) is 4.70. The van der Waals surface area contributed by atoms with Gasteiger partial charge < -0.3 is 9.32 Å². The SMILES string of the molecule is CS(=O)(=O)N1CCN(C(=O)c2ccc(S(=O)(=O)N3CCCCC3)o2)CC1. The van der Waals surface area contributed by atoms with Crippen molar-refractivity contribution in [1.29, 1.82) is 0 Å². The molecule has 2 aliphatic rings. The Balaban J connectivity index is 1.69. The van der Waals surface area contributed by atoms with Crippen LogP contribution in [0.25, 0.3) is 0 Å². The van der Waals surface area contributed by atoms with Crippen LogP contribution in [0.2, 0.25) is 0 Å². The number of nitrogens with zero attached hydrogens (tertiary/aromatic N) is 3. The van der Waals surface area contributed by atoms with E-state index < -0.39 is 26.0 Å². The van der Waals surface area contributed by atoms with Gasteiger partial charge in [-0.3, -0.25) is 4.79 Å². The number of sulfonamides is 2. The van der Waals surface area contributed by atoms with E-state index in [0.29, 0.717) is 13.1 Å². The third-order valence-corrected chi connectivity index (χ3v) is 7.77. The van der Waals surface area contributed by atoms with E-state index in [0.717, 1.165) is 25.5 Å². The molecular weight excluding hydrogens is 382 g/mol. The number of furan rings is 1. The van der Waals surface area contributed by atoms with Crippen LogP contribution in [-0.2, 0) is 20.0 Å². The molecular formula is C15H23N3O6S2. The Bertz CT molecular complexity index is 863. The number of rotatable bonds is 4. The number of piperazine rings is 1. The highest BCUT2D eigenvalue weighted by Gasteiger charge is 2.32. The van der Waals surface area contributed by atoms with E-state index in [1.54, 1.807) is 0 Å². The first-order chi connectivity index (χ1) is 12.2. The van der Waals surface area contributed by atoms with E-state index in [2.05, 4.69) is 0 Å². The highest BCUT2D eigenvalue weighted by molar-refractivity contribution is 7.89. The number of piperidine rings is 1. The summed E-state index contributed by atoms with van der Waals surface area (Å²) in [5.41, 5.74) is 0. The van der Waals surface area contributed by atoms with Crippen LogP contribution in [-0.4, -0.2) is 81.8 Å². The molecule has 1 aromatic rings. The van der Waals surface area contributed by atoms with Gasteiger partial charge in [0.05, 0.1) is 6.26 Å².